The van der Waals surface area contributed by atoms with Gasteiger partial charge in [-0.1, -0.05) is 0 Å². The molecule has 2 aliphatic rings. The maximum absolute atomic E-state index is 10.8. The molecule has 0 spiro atoms. The summed E-state index contributed by atoms with van der Waals surface area (Å²) < 4.78 is 0. The summed E-state index contributed by atoms with van der Waals surface area (Å²) >= 11 is 0. The van der Waals surface area contributed by atoms with Crippen LogP contribution < -0.4 is 11.0 Å². The highest BCUT2D eigenvalue weighted by molar-refractivity contribution is 14.0. The van der Waals surface area contributed by atoms with Gasteiger partial charge in [-0.25, -0.2) is 4.98 Å². The largest absolute Gasteiger partial charge is 0.320 e. The summed E-state index contributed by atoms with van der Waals surface area (Å²) in [4.78, 5) is 28.4. The molecule has 56 valence electrons. The first-order valence-electron chi connectivity index (χ1n) is 2.71. The van der Waals surface area contributed by atoms with Crippen molar-refractivity contribution < 1.29 is 0 Å². The number of fused-ring (bicyclic) bond motifs is 1. The van der Waals surface area contributed by atoms with Gasteiger partial charge in [0, 0.05) is 6.20 Å². The molecule has 0 amide bonds. The third-order valence-electron chi connectivity index (χ3n) is 1.31. The maximum atomic E-state index is 10.8. The summed E-state index contributed by atoms with van der Waals surface area (Å²) in [6, 6.07) is 1.54. The highest BCUT2D eigenvalue weighted by Gasteiger charge is 2.14. The number of hydrogen-bond acceptors (Lipinski definition) is 4. The molecule has 0 aromatic carbocycles. The Hall–Kier alpha value is -0.850. The lowest BCUT2D eigenvalue weighted by molar-refractivity contribution is 1.30. The van der Waals surface area contributed by atoms with Gasteiger partial charge in [0.1, 0.15) is 5.69 Å². The molecule has 0 bridgehead atoms. The lowest BCUT2D eigenvalue weighted by Crippen LogP contribution is -2.19. The van der Waals surface area contributed by atoms with Crippen LogP contribution in [-0.4, -0.2) is 9.97 Å². The monoisotopic (exact) mass is 262 g/mol. The molecular weight excluding hydrogens is 259 g/mol. The summed E-state index contributed by atoms with van der Waals surface area (Å²) in [6.45, 7) is 0. The minimum absolute atomic E-state index is 0. The van der Waals surface area contributed by atoms with Gasteiger partial charge in [0.25, 0.3) is 5.43 Å². The van der Waals surface area contributed by atoms with Crippen LogP contribution in [0.4, 0.5) is 0 Å². The molecule has 2 rings (SSSR count). The first kappa shape index (κ1) is 8.25. The van der Waals surface area contributed by atoms with Crippen molar-refractivity contribution in [2.75, 3.05) is 0 Å². The average molecular weight is 262 g/mol. The van der Waals surface area contributed by atoms with E-state index in [1.807, 2.05) is 0 Å². The smallest absolute Gasteiger partial charge is 0.281 e. The third kappa shape index (κ3) is 1.05. The van der Waals surface area contributed by atoms with Gasteiger partial charge < -0.3 is 0 Å². The Labute approximate surface area is 78.4 Å². The van der Waals surface area contributed by atoms with E-state index in [9.17, 15) is 9.59 Å². The van der Waals surface area contributed by atoms with E-state index in [0.717, 1.165) is 0 Å². The summed E-state index contributed by atoms with van der Waals surface area (Å²) in [7, 11) is 0. The van der Waals surface area contributed by atoms with Gasteiger partial charge in [0.15, 0.2) is 0 Å². The number of hydrogen-bond donors (Lipinski definition) is 0. The van der Waals surface area contributed by atoms with Gasteiger partial charge in [-0.05, 0) is 6.07 Å². The zero-order valence-corrected chi connectivity index (χ0v) is 7.60. The molecule has 0 aromatic heterocycles. The molecular formula is C6H3IN2O2. The highest BCUT2D eigenvalue weighted by atomic mass is 127. The fourth-order valence-electron chi connectivity index (χ4n) is 0.854. The standard InChI is InChI=1S/C6H2N2O2.HI/c9-5-4-3(1-2-7-4)8-6(5)10;/h1-2H;1H. The van der Waals surface area contributed by atoms with Crippen LogP contribution in [0.15, 0.2) is 21.9 Å². The molecule has 0 saturated carbocycles. The molecule has 0 radical (unpaired) electrons. The van der Waals surface area contributed by atoms with E-state index in [1.165, 1.54) is 12.3 Å². The molecule has 0 N–H and O–H groups in total. The Morgan fingerprint density at radius 1 is 1.27 bits per heavy atom. The molecule has 2 heterocycles. The molecule has 0 unspecified atom stereocenters. The molecule has 0 atom stereocenters. The molecule has 0 saturated heterocycles. The van der Waals surface area contributed by atoms with Gasteiger partial charge in [-0.3, -0.25) is 14.6 Å². The highest BCUT2D eigenvalue weighted by Crippen LogP contribution is 2.08. The fourth-order valence-corrected chi connectivity index (χ4v) is 0.854. The van der Waals surface area contributed by atoms with E-state index in [1.54, 1.807) is 0 Å². The Morgan fingerprint density at radius 2 is 2.00 bits per heavy atom. The van der Waals surface area contributed by atoms with Crippen LogP contribution in [0.3, 0.4) is 0 Å². The van der Waals surface area contributed by atoms with Crippen molar-refractivity contribution in [2.24, 2.45) is 0 Å². The predicted molar refractivity (Wildman–Crippen MR) is 49.0 cm³/mol. The van der Waals surface area contributed by atoms with Crippen molar-refractivity contribution >= 4 is 24.0 Å². The summed E-state index contributed by atoms with van der Waals surface area (Å²) in [6.07, 6.45) is 1.46. The van der Waals surface area contributed by atoms with Crippen molar-refractivity contribution in [3.05, 3.63) is 32.8 Å². The van der Waals surface area contributed by atoms with Crippen LogP contribution in [0.25, 0.3) is 11.4 Å². The van der Waals surface area contributed by atoms with E-state index < -0.39 is 11.0 Å². The second kappa shape index (κ2) is 2.65. The molecule has 5 heteroatoms. The number of rotatable bonds is 0. The molecule has 11 heavy (non-hydrogen) atoms. The van der Waals surface area contributed by atoms with Crippen LogP contribution >= 0.6 is 24.0 Å². The van der Waals surface area contributed by atoms with E-state index in [2.05, 4.69) is 9.97 Å². The van der Waals surface area contributed by atoms with E-state index in [0.29, 0.717) is 5.69 Å². The lowest BCUT2D eigenvalue weighted by atomic mass is 10.4. The van der Waals surface area contributed by atoms with Crippen molar-refractivity contribution in [1.29, 1.82) is 0 Å². The molecule has 2 aliphatic heterocycles. The average Bonchev–Trinajstić information content (AvgIpc) is 2.41. The molecule has 0 fully saturated rings. The van der Waals surface area contributed by atoms with Crippen LogP contribution in [0.1, 0.15) is 0 Å². The second-order valence-corrected chi connectivity index (χ2v) is 1.92. The molecule has 4 nitrogen and oxygen atoms in total. The van der Waals surface area contributed by atoms with Crippen LogP contribution in [0.5, 0.6) is 0 Å². The molecule has 0 aliphatic carbocycles. The van der Waals surface area contributed by atoms with Crippen LogP contribution in [0, 0.1) is 0 Å². The van der Waals surface area contributed by atoms with Crippen molar-refractivity contribution in [3.8, 4) is 11.4 Å². The number of aromatic nitrogens is 2. The van der Waals surface area contributed by atoms with Crippen molar-refractivity contribution in [3.63, 3.8) is 0 Å². The Kier molecular flexibility index (Phi) is 1.99. The molecule has 0 aromatic rings. The Balaban J connectivity index is 0.000000605. The van der Waals surface area contributed by atoms with Gasteiger partial charge in [0.05, 0.1) is 5.69 Å². The summed E-state index contributed by atoms with van der Waals surface area (Å²) in [5.41, 5.74) is -0.724. The zero-order chi connectivity index (χ0) is 7.14. The van der Waals surface area contributed by atoms with Crippen molar-refractivity contribution in [2.45, 2.75) is 0 Å². The Bertz CT molecular complexity index is 419. The van der Waals surface area contributed by atoms with E-state index in [-0.39, 0.29) is 29.7 Å². The second-order valence-electron chi connectivity index (χ2n) is 1.92. The first-order chi connectivity index (χ1) is 4.79. The third-order valence-corrected chi connectivity index (χ3v) is 1.31. The predicted octanol–water partition coefficient (Wildman–Crippen LogP) is -0.205. The lowest BCUT2D eigenvalue weighted by Gasteiger charge is -1.72. The van der Waals surface area contributed by atoms with Crippen LogP contribution in [0.2, 0.25) is 0 Å². The topological polar surface area (TPSA) is 59.9 Å². The normalized spacial score (nSPS) is 9.82. The zero-order valence-electron chi connectivity index (χ0n) is 5.27. The quantitative estimate of drug-likeness (QED) is 0.487. The summed E-state index contributed by atoms with van der Waals surface area (Å²) in [5, 5.41) is 0. The van der Waals surface area contributed by atoms with Crippen molar-refractivity contribution in [1.82, 2.24) is 9.97 Å². The SMILES string of the molecule is I.O=c1nc2ccnc-2c1=O. The minimum atomic E-state index is -0.710. The summed E-state index contributed by atoms with van der Waals surface area (Å²) in [5.74, 6) is 0. The first-order valence-corrected chi connectivity index (χ1v) is 2.71. The number of nitrogens with zero attached hydrogens (tertiary/aromatic N) is 2. The van der Waals surface area contributed by atoms with Gasteiger partial charge >= 0.3 is 5.56 Å². The Morgan fingerprint density at radius 3 is 2.64 bits per heavy atom. The van der Waals surface area contributed by atoms with E-state index in [4.69, 9.17) is 0 Å². The van der Waals surface area contributed by atoms with Gasteiger partial charge in [-0.2, -0.15) is 0 Å². The van der Waals surface area contributed by atoms with Gasteiger partial charge in [-0.15, -0.1) is 24.0 Å². The van der Waals surface area contributed by atoms with Crippen LogP contribution in [-0.2, 0) is 0 Å². The van der Waals surface area contributed by atoms with E-state index >= 15 is 0 Å². The number of halogens is 1. The maximum Gasteiger partial charge on any atom is 0.320 e. The van der Waals surface area contributed by atoms with Gasteiger partial charge in [0.2, 0.25) is 0 Å². The fraction of sp³-hybridized carbons (Fsp3) is 0. The minimum Gasteiger partial charge on any atom is -0.281 e.